The van der Waals surface area contributed by atoms with Crippen LogP contribution in [-0.2, 0) is 0 Å². The fourth-order valence-corrected chi connectivity index (χ4v) is 2.23. The Balaban J connectivity index is 2.67. The molecule has 0 unspecified atom stereocenters. The fourth-order valence-electron chi connectivity index (χ4n) is 1.89. The highest BCUT2D eigenvalue weighted by Crippen LogP contribution is 2.18. The molecule has 0 fully saturated rings. The third-order valence-corrected chi connectivity index (χ3v) is 3.13. The highest BCUT2D eigenvalue weighted by molar-refractivity contribution is 9.10. The van der Waals surface area contributed by atoms with Gasteiger partial charge in [-0.3, -0.25) is 9.20 Å². The van der Waals surface area contributed by atoms with Gasteiger partial charge in [0.1, 0.15) is 11.8 Å². The van der Waals surface area contributed by atoms with Crippen molar-refractivity contribution >= 4 is 32.5 Å². The molecular formula is C11H8BrN3O. The topological polar surface area (TPSA) is 50.2 Å². The molecule has 0 aliphatic rings. The molecule has 2 aromatic heterocycles. The van der Waals surface area contributed by atoms with Crippen LogP contribution in [0.5, 0.6) is 0 Å². The van der Waals surface area contributed by atoms with Crippen LogP contribution in [0.4, 0.5) is 0 Å². The number of fused-ring (bicyclic) bond motifs is 3. The minimum Gasteiger partial charge on any atom is -0.319 e. The minimum absolute atomic E-state index is 0.107. The number of aromatic nitrogens is 3. The van der Waals surface area contributed by atoms with E-state index in [4.69, 9.17) is 0 Å². The zero-order valence-corrected chi connectivity index (χ0v) is 10.1. The lowest BCUT2D eigenvalue weighted by atomic mass is 10.3. The van der Waals surface area contributed by atoms with Gasteiger partial charge in [0.2, 0.25) is 0 Å². The maximum absolute atomic E-state index is 11.8. The lowest BCUT2D eigenvalue weighted by Crippen LogP contribution is -2.10. The Labute approximate surface area is 99.1 Å². The number of benzene rings is 1. The molecule has 3 aromatic rings. The summed E-state index contributed by atoms with van der Waals surface area (Å²) in [7, 11) is 0. The van der Waals surface area contributed by atoms with Crippen molar-refractivity contribution in [3.8, 4) is 0 Å². The fraction of sp³-hybridized carbons (Fsp3) is 0.0909. The molecule has 0 bridgehead atoms. The third kappa shape index (κ3) is 1.21. The van der Waals surface area contributed by atoms with Crippen LogP contribution in [0, 0.1) is 6.92 Å². The largest absolute Gasteiger partial charge is 0.319 e. The lowest BCUT2D eigenvalue weighted by molar-refractivity contribution is 1.16. The molecule has 0 aliphatic heterocycles. The first-order chi connectivity index (χ1) is 7.66. The van der Waals surface area contributed by atoms with Crippen LogP contribution in [0.25, 0.3) is 16.6 Å². The predicted octanol–water partition coefficient (Wildman–Crippen LogP) is 2.25. The number of nitrogens with one attached hydrogen (secondary N) is 1. The van der Waals surface area contributed by atoms with Gasteiger partial charge < -0.3 is 4.98 Å². The average Bonchev–Trinajstić information content (AvgIpc) is 2.63. The first kappa shape index (κ1) is 9.59. The highest BCUT2D eigenvalue weighted by atomic mass is 79.9. The van der Waals surface area contributed by atoms with Crippen molar-refractivity contribution in [1.29, 1.82) is 0 Å². The van der Waals surface area contributed by atoms with Crippen LogP contribution in [0.2, 0.25) is 0 Å². The van der Waals surface area contributed by atoms with Crippen molar-refractivity contribution < 1.29 is 0 Å². The second-order valence-corrected chi connectivity index (χ2v) is 4.58. The zero-order valence-electron chi connectivity index (χ0n) is 8.49. The molecule has 0 radical (unpaired) electrons. The normalized spacial score (nSPS) is 11.4. The number of halogens is 1. The number of rotatable bonds is 0. The van der Waals surface area contributed by atoms with Crippen LogP contribution in [-0.4, -0.2) is 14.4 Å². The molecule has 0 atom stereocenters. The number of nitrogens with zero attached hydrogens (tertiary/aromatic N) is 2. The second kappa shape index (κ2) is 3.18. The van der Waals surface area contributed by atoms with Gasteiger partial charge in [0.15, 0.2) is 0 Å². The summed E-state index contributed by atoms with van der Waals surface area (Å²) in [6, 6.07) is 5.73. The molecular weight excluding hydrogens is 270 g/mol. The van der Waals surface area contributed by atoms with E-state index in [1.54, 1.807) is 6.33 Å². The van der Waals surface area contributed by atoms with Gasteiger partial charge in [-0.1, -0.05) is 15.9 Å². The van der Waals surface area contributed by atoms with Crippen LogP contribution in [0.1, 0.15) is 5.69 Å². The maximum atomic E-state index is 11.8. The van der Waals surface area contributed by atoms with Gasteiger partial charge in [-0.25, -0.2) is 4.98 Å². The molecule has 1 N–H and O–H groups in total. The number of H-pyrrole nitrogens is 1. The monoisotopic (exact) mass is 277 g/mol. The Morgan fingerprint density at radius 2 is 2.25 bits per heavy atom. The average molecular weight is 278 g/mol. The van der Waals surface area contributed by atoms with E-state index < -0.39 is 0 Å². The van der Waals surface area contributed by atoms with Gasteiger partial charge in [0.05, 0.1) is 16.7 Å². The first-order valence-corrected chi connectivity index (χ1v) is 5.61. The van der Waals surface area contributed by atoms with Gasteiger partial charge in [0, 0.05) is 4.47 Å². The maximum Gasteiger partial charge on any atom is 0.274 e. The summed E-state index contributed by atoms with van der Waals surface area (Å²) in [5.74, 6) is 0. The first-order valence-electron chi connectivity index (χ1n) is 4.82. The Hall–Kier alpha value is -1.62. The van der Waals surface area contributed by atoms with Crippen molar-refractivity contribution in [2.75, 3.05) is 0 Å². The van der Waals surface area contributed by atoms with E-state index in [1.165, 1.54) is 0 Å². The van der Waals surface area contributed by atoms with Crippen molar-refractivity contribution in [1.82, 2.24) is 14.4 Å². The standard InChI is InChI=1S/C11H8BrN3O/c1-6-10-11(16)14-8-3-2-7(12)4-9(8)15(10)5-13-6/h2-5H,1H3,(H,14,16). The number of imidazole rings is 1. The molecule has 5 heteroatoms. The summed E-state index contributed by atoms with van der Waals surface area (Å²) in [6.45, 7) is 1.83. The molecule has 2 heterocycles. The summed E-state index contributed by atoms with van der Waals surface area (Å²) in [6.07, 6.45) is 1.68. The van der Waals surface area contributed by atoms with Gasteiger partial charge in [-0.05, 0) is 25.1 Å². The predicted molar refractivity (Wildman–Crippen MR) is 65.8 cm³/mol. The van der Waals surface area contributed by atoms with Crippen molar-refractivity contribution in [3.63, 3.8) is 0 Å². The molecule has 4 nitrogen and oxygen atoms in total. The van der Waals surface area contributed by atoms with Crippen LogP contribution >= 0.6 is 15.9 Å². The summed E-state index contributed by atoms with van der Waals surface area (Å²) < 4.78 is 2.79. The Kier molecular flexibility index (Phi) is 1.91. The highest BCUT2D eigenvalue weighted by Gasteiger charge is 2.08. The molecule has 0 saturated heterocycles. The van der Waals surface area contributed by atoms with Crippen molar-refractivity contribution in [2.45, 2.75) is 6.92 Å². The zero-order chi connectivity index (χ0) is 11.3. The van der Waals surface area contributed by atoms with Gasteiger partial charge in [-0.2, -0.15) is 0 Å². The Bertz CT molecular complexity index is 757. The SMILES string of the molecule is Cc1ncn2c1c(=O)[nH]c1ccc(Br)cc12. The second-order valence-electron chi connectivity index (χ2n) is 3.66. The van der Waals surface area contributed by atoms with Gasteiger partial charge >= 0.3 is 0 Å². The molecule has 0 saturated carbocycles. The number of aromatic amines is 1. The molecule has 0 amide bonds. The summed E-state index contributed by atoms with van der Waals surface area (Å²) in [5, 5.41) is 0. The number of aryl methyl sites for hydroxylation is 1. The van der Waals surface area contributed by atoms with E-state index in [-0.39, 0.29) is 5.56 Å². The minimum atomic E-state index is -0.107. The Morgan fingerprint density at radius 1 is 1.44 bits per heavy atom. The van der Waals surface area contributed by atoms with E-state index in [9.17, 15) is 4.79 Å². The van der Waals surface area contributed by atoms with E-state index in [0.29, 0.717) is 5.52 Å². The summed E-state index contributed by atoms with van der Waals surface area (Å²) in [4.78, 5) is 18.8. The van der Waals surface area contributed by atoms with E-state index >= 15 is 0 Å². The molecule has 1 aromatic carbocycles. The summed E-state index contributed by atoms with van der Waals surface area (Å²) in [5.41, 5.74) is 2.97. The Morgan fingerprint density at radius 3 is 3.06 bits per heavy atom. The van der Waals surface area contributed by atoms with Crippen LogP contribution < -0.4 is 5.56 Å². The summed E-state index contributed by atoms with van der Waals surface area (Å²) >= 11 is 3.42. The molecule has 80 valence electrons. The van der Waals surface area contributed by atoms with Crippen LogP contribution in [0.3, 0.4) is 0 Å². The van der Waals surface area contributed by atoms with Gasteiger partial charge in [-0.15, -0.1) is 0 Å². The third-order valence-electron chi connectivity index (χ3n) is 2.63. The molecule has 16 heavy (non-hydrogen) atoms. The molecule has 0 spiro atoms. The van der Waals surface area contributed by atoms with E-state index in [2.05, 4.69) is 25.9 Å². The molecule has 0 aliphatic carbocycles. The number of hydrogen-bond donors (Lipinski definition) is 1. The quantitative estimate of drug-likeness (QED) is 0.685. The van der Waals surface area contributed by atoms with Crippen molar-refractivity contribution in [3.05, 3.63) is 45.0 Å². The lowest BCUT2D eigenvalue weighted by Gasteiger charge is -2.02. The van der Waals surface area contributed by atoms with Gasteiger partial charge in [0.25, 0.3) is 5.56 Å². The smallest absolute Gasteiger partial charge is 0.274 e. The van der Waals surface area contributed by atoms with Crippen LogP contribution in [0.15, 0.2) is 33.8 Å². The van der Waals surface area contributed by atoms with E-state index in [1.807, 2.05) is 29.5 Å². The van der Waals surface area contributed by atoms with Crippen molar-refractivity contribution in [2.24, 2.45) is 0 Å². The van der Waals surface area contributed by atoms with E-state index in [0.717, 1.165) is 21.2 Å². The number of hydrogen-bond acceptors (Lipinski definition) is 2. The molecule has 3 rings (SSSR count).